The predicted octanol–water partition coefficient (Wildman–Crippen LogP) is 2.86. The van der Waals surface area contributed by atoms with Crippen molar-refractivity contribution in [2.45, 2.75) is 26.2 Å². The molecule has 0 radical (unpaired) electrons. The molecule has 0 unspecified atom stereocenters. The molecule has 128 valence electrons. The van der Waals surface area contributed by atoms with Crippen LogP contribution in [-0.4, -0.2) is 32.7 Å². The molecule has 7 nitrogen and oxygen atoms in total. The Balaban J connectivity index is 1.63. The van der Waals surface area contributed by atoms with E-state index in [2.05, 4.69) is 20.8 Å². The van der Waals surface area contributed by atoms with Gasteiger partial charge in [0.15, 0.2) is 0 Å². The average molecular weight is 355 g/mol. The van der Waals surface area contributed by atoms with E-state index in [1.54, 1.807) is 16.0 Å². The third-order valence-corrected chi connectivity index (χ3v) is 5.39. The Labute approximate surface area is 148 Å². The van der Waals surface area contributed by atoms with Gasteiger partial charge in [0.1, 0.15) is 17.1 Å². The maximum atomic E-state index is 12.9. The molecule has 1 aromatic carbocycles. The fraction of sp³-hybridized carbons (Fsp3) is 0.294. The fourth-order valence-corrected chi connectivity index (χ4v) is 4.34. The molecule has 0 aliphatic heterocycles. The second-order valence-electron chi connectivity index (χ2n) is 5.70. The third-order valence-electron chi connectivity index (χ3n) is 4.11. The zero-order valence-electron chi connectivity index (χ0n) is 13.7. The van der Waals surface area contributed by atoms with Gasteiger partial charge in [-0.1, -0.05) is 0 Å². The van der Waals surface area contributed by atoms with Crippen molar-refractivity contribution in [3.8, 4) is 10.8 Å². The minimum atomic E-state index is -0.131. The Kier molecular flexibility index (Phi) is 4.19. The molecule has 0 atom stereocenters. The van der Waals surface area contributed by atoms with E-state index in [1.165, 1.54) is 11.2 Å². The van der Waals surface area contributed by atoms with E-state index in [0.29, 0.717) is 12.2 Å². The first-order valence-corrected chi connectivity index (χ1v) is 9.00. The standard InChI is InChI=1S/C17H17N5O2S/c1-2-24-12-8-6-11(7-9-12)19-16(23)15-13-4-3-5-14(13)25-17(15)22-10-18-20-21-22/h6-10H,2-5H2,1H3,(H,19,23). The number of hydrogen-bond acceptors (Lipinski definition) is 6. The lowest BCUT2D eigenvalue weighted by Crippen LogP contribution is -2.15. The summed E-state index contributed by atoms with van der Waals surface area (Å²) in [5.74, 6) is 0.653. The number of amides is 1. The van der Waals surface area contributed by atoms with Crippen molar-refractivity contribution in [3.05, 3.63) is 46.6 Å². The number of nitrogens with one attached hydrogen (secondary N) is 1. The number of benzene rings is 1. The van der Waals surface area contributed by atoms with Gasteiger partial charge in [0.05, 0.1) is 12.2 Å². The molecule has 1 amide bonds. The maximum Gasteiger partial charge on any atom is 0.259 e. The van der Waals surface area contributed by atoms with Gasteiger partial charge in [0.25, 0.3) is 5.91 Å². The molecule has 2 aromatic heterocycles. The molecule has 0 saturated carbocycles. The Morgan fingerprint density at radius 2 is 2.16 bits per heavy atom. The third kappa shape index (κ3) is 3.00. The summed E-state index contributed by atoms with van der Waals surface area (Å²) in [6.07, 6.45) is 4.53. The van der Waals surface area contributed by atoms with Crippen LogP contribution in [0.5, 0.6) is 5.75 Å². The Morgan fingerprint density at radius 3 is 2.88 bits per heavy atom. The van der Waals surface area contributed by atoms with Gasteiger partial charge in [-0.25, -0.2) is 0 Å². The van der Waals surface area contributed by atoms with E-state index in [9.17, 15) is 4.79 Å². The first kappa shape index (κ1) is 15.8. The normalized spacial score (nSPS) is 12.8. The lowest BCUT2D eigenvalue weighted by Gasteiger charge is -2.09. The molecular weight excluding hydrogens is 338 g/mol. The summed E-state index contributed by atoms with van der Waals surface area (Å²) in [6, 6.07) is 7.37. The second kappa shape index (κ2) is 6.64. The predicted molar refractivity (Wildman–Crippen MR) is 94.6 cm³/mol. The van der Waals surface area contributed by atoms with Crippen LogP contribution in [0.4, 0.5) is 5.69 Å². The van der Waals surface area contributed by atoms with Crippen LogP contribution in [0.2, 0.25) is 0 Å². The number of fused-ring (bicyclic) bond motifs is 1. The molecule has 1 aliphatic rings. The van der Waals surface area contributed by atoms with Crippen LogP contribution < -0.4 is 10.1 Å². The Morgan fingerprint density at radius 1 is 1.32 bits per heavy atom. The Bertz CT molecular complexity index is 887. The zero-order valence-corrected chi connectivity index (χ0v) is 14.5. The number of carbonyl (C=O) groups is 1. The topological polar surface area (TPSA) is 81.9 Å². The molecule has 0 spiro atoms. The van der Waals surface area contributed by atoms with Crippen molar-refractivity contribution >= 4 is 22.9 Å². The van der Waals surface area contributed by atoms with Crippen molar-refractivity contribution in [3.63, 3.8) is 0 Å². The molecule has 0 saturated heterocycles. The molecular formula is C17H17N5O2S. The number of thiophene rings is 1. The van der Waals surface area contributed by atoms with Gasteiger partial charge < -0.3 is 10.1 Å². The highest BCUT2D eigenvalue weighted by Crippen LogP contribution is 2.37. The van der Waals surface area contributed by atoms with Crippen LogP contribution in [0.1, 0.15) is 34.1 Å². The number of carbonyl (C=O) groups excluding carboxylic acids is 1. The summed E-state index contributed by atoms with van der Waals surface area (Å²) in [6.45, 7) is 2.55. The van der Waals surface area contributed by atoms with Gasteiger partial charge in [-0.3, -0.25) is 4.79 Å². The number of nitrogens with zero attached hydrogens (tertiary/aromatic N) is 4. The first-order chi connectivity index (χ1) is 12.3. The molecule has 1 aliphatic carbocycles. The summed E-state index contributed by atoms with van der Waals surface area (Å²) in [4.78, 5) is 14.2. The average Bonchev–Trinajstić information content (AvgIpc) is 3.33. The molecule has 25 heavy (non-hydrogen) atoms. The maximum absolute atomic E-state index is 12.9. The summed E-state index contributed by atoms with van der Waals surface area (Å²) >= 11 is 1.59. The molecule has 0 bridgehead atoms. The minimum Gasteiger partial charge on any atom is -0.494 e. The molecule has 1 N–H and O–H groups in total. The molecule has 8 heteroatoms. The van der Waals surface area contributed by atoms with E-state index < -0.39 is 0 Å². The monoisotopic (exact) mass is 355 g/mol. The summed E-state index contributed by atoms with van der Waals surface area (Å²) < 4.78 is 7.00. The largest absolute Gasteiger partial charge is 0.494 e. The van der Waals surface area contributed by atoms with Crippen molar-refractivity contribution in [1.82, 2.24) is 20.2 Å². The van der Waals surface area contributed by atoms with E-state index in [1.807, 2.05) is 31.2 Å². The van der Waals surface area contributed by atoms with Gasteiger partial charge in [0.2, 0.25) is 0 Å². The summed E-state index contributed by atoms with van der Waals surface area (Å²) in [5, 5.41) is 15.1. The van der Waals surface area contributed by atoms with E-state index in [0.717, 1.165) is 41.3 Å². The number of aryl methyl sites for hydroxylation is 1. The quantitative estimate of drug-likeness (QED) is 0.761. The van der Waals surface area contributed by atoms with Crippen molar-refractivity contribution in [1.29, 1.82) is 0 Å². The van der Waals surface area contributed by atoms with Crippen LogP contribution in [0, 0.1) is 0 Å². The zero-order chi connectivity index (χ0) is 17.2. The van der Waals surface area contributed by atoms with Gasteiger partial charge in [0, 0.05) is 10.6 Å². The van der Waals surface area contributed by atoms with E-state index >= 15 is 0 Å². The number of ether oxygens (including phenoxy) is 1. The second-order valence-corrected chi connectivity index (χ2v) is 6.79. The van der Waals surface area contributed by atoms with Crippen molar-refractivity contribution < 1.29 is 9.53 Å². The smallest absolute Gasteiger partial charge is 0.259 e. The van der Waals surface area contributed by atoms with Crippen LogP contribution in [0.15, 0.2) is 30.6 Å². The van der Waals surface area contributed by atoms with Crippen LogP contribution >= 0.6 is 11.3 Å². The Hall–Kier alpha value is -2.74. The fourth-order valence-electron chi connectivity index (χ4n) is 3.03. The van der Waals surface area contributed by atoms with Gasteiger partial charge in [-0.2, -0.15) is 4.68 Å². The SMILES string of the molecule is CCOc1ccc(NC(=O)c2c(-n3cnnn3)sc3c2CCC3)cc1. The number of anilines is 1. The molecule has 4 rings (SSSR count). The summed E-state index contributed by atoms with van der Waals surface area (Å²) in [7, 11) is 0. The lowest BCUT2D eigenvalue weighted by atomic mass is 10.1. The number of rotatable bonds is 5. The van der Waals surface area contributed by atoms with E-state index in [-0.39, 0.29) is 5.91 Å². The van der Waals surface area contributed by atoms with Gasteiger partial charge in [-0.15, -0.1) is 16.4 Å². The highest BCUT2D eigenvalue weighted by molar-refractivity contribution is 7.15. The van der Waals surface area contributed by atoms with E-state index in [4.69, 9.17) is 4.74 Å². The van der Waals surface area contributed by atoms with Crippen LogP contribution in [0.3, 0.4) is 0 Å². The lowest BCUT2D eigenvalue weighted by molar-refractivity contribution is 0.102. The summed E-state index contributed by atoms with van der Waals surface area (Å²) in [5.41, 5.74) is 2.53. The number of hydrogen-bond donors (Lipinski definition) is 1. The first-order valence-electron chi connectivity index (χ1n) is 8.18. The van der Waals surface area contributed by atoms with Crippen LogP contribution in [0.25, 0.3) is 5.00 Å². The molecule has 3 aromatic rings. The number of tetrazole rings is 1. The highest BCUT2D eigenvalue weighted by Gasteiger charge is 2.28. The molecule has 0 fully saturated rings. The molecule has 2 heterocycles. The van der Waals surface area contributed by atoms with Gasteiger partial charge >= 0.3 is 0 Å². The highest BCUT2D eigenvalue weighted by atomic mass is 32.1. The van der Waals surface area contributed by atoms with Crippen molar-refractivity contribution in [2.75, 3.05) is 11.9 Å². The van der Waals surface area contributed by atoms with Gasteiger partial charge in [-0.05, 0) is 66.4 Å². The van der Waals surface area contributed by atoms with Crippen molar-refractivity contribution in [2.24, 2.45) is 0 Å². The number of aromatic nitrogens is 4. The minimum absolute atomic E-state index is 0.131. The van der Waals surface area contributed by atoms with Crippen LogP contribution in [-0.2, 0) is 12.8 Å².